The maximum Gasteiger partial charge on any atom is 0.229 e. The van der Waals surface area contributed by atoms with Crippen LogP contribution in [0.1, 0.15) is 29.5 Å². The van der Waals surface area contributed by atoms with Gasteiger partial charge in [-0.2, -0.15) is 0 Å². The Balaban J connectivity index is 1.65. The molecular weight excluding hydrogens is 366 g/mol. The molecule has 0 saturated heterocycles. The van der Waals surface area contributed by atoms with Crippen LogP contribution in [-0.2, 0) is 20.9 Å². The van der Waals surface area contributed by atoms with Crippen molar-refractivity contribution in [3.8, 4) is 11.8 Å². The Kier molecular flexibility index (Phi) is 7.40. The van der Waals surface area contributed by atoms with Crippen LogP contribution in [0.5, 0.6) is 0 Å². The molecule has 0 bridgehead atoms. The monoisotopic (exact) mass is 389 g/mol. The molecule has 1 aliphatic heterocycles. The zero-order chi connectivity index (χ0) is 20.5. The smallest absolute Gasteiger partial charge is 0.229 e. The zero-order valence-corrected chi connectivity index (χ0v) is 16.2. The second-order valence-electron chi connectivity index (χ2n) is 6.59. The highest BCUT2D eigenvalue weighted by Crippen LogP contribution is 2.25. The molecule has 148 valence electrons. The standard InChI is InChI=1S/C23H23N3O3/c24-13-16-29-15-12-22(27)25-14-11-23(28)26-17-20-7-2-1-5-18(20)9-10-19-6-3-4-8-21(19)26/h1-8H,11-17H2,(H,25,27). The first-order chi connectivity index (χ1) is 14.2. The van der Waals surface area contributed by atoms with E-state index in [1.807, 2.05) is 48.5 Å². The number of ether oxygens (including phenoxy) is 1. The van der Waals surface area contributed by atoms with E-state index in [9.17, 15) is 9.59 Å². The van der Waals surface area contributed by atoms with Gasteiger partial charge in [0, 0.05) is 30.5 Å². The summed E-state index contributed by atoms with van der Waals surface area (Å²) in [5.74, 6) is 6.11. The Morgan fingerprint density at radius 3 is 2.55 bits per heavy atom. The molecule has 1 aliphatic rings. The van der Waals surface area contributed by atoms with Crippen molar-refractivity contribution in [2.24, 2.45) is 0 Å². The molecule has 6 nitrogen and oxygen atoms in total. The molecule has 1 N–H and O–H groups in total. The van der Waals surface area contributed by atoms with Crippen molar-refractivity contribution in [2.75, 3.05) is 31.2 Å². The minimum atomic E-state index is -0.181. The van der Waals surface area contributed by atoms with E-state index >= 15 is 0 Å². The van der Waals surface area contributed by atoms with E-state index in [1.165, 1.54) is 0 Å². The van der Waals surface area contributed by atoms with Crippen molar-refractivity contribution in [1.29, 1.82) is 0 Å². The van der Waals surface area contributed by atoms with Crippen LogP contribution in [0.15, 0.2) is 48.5 Å². The molecule has 0 aromatic heterocycles. The topological polar surface area (TPSA) is 80.9 Å². The van der Waals surface area contributed by atoms with Gasteiger partial charge in [-0.05, 0) is 23.8 Å². The Bertz CT molecular complexity index is 930. The van der Waals surface area contributed by atoms with E-state index in [2.05, 4.69) is 17.2 Å². The average Bonchev–Trinajstić information content (AvgIpc) is 2.73. The Morgan fingerprint density at radius 2 is 1.72 bits per heavy atom. The van der Waals surface area contributed by atoms with Crippen molar-refractivity contribution in [3.05, 3.63) is 65.2 Å². The molecule has 0 atom stereocenters. The Hall–Kier alpha value is -3.14. The highest BCUT2D eigenvalue weighted by atomic mass is 16.5. The van der Waals surface area contributed by atoms with Gasteiger partial charge in [0.05, 0.1) is 32.0 Å². The van der Waals surface area contributed by atoms with Gasteiger partial charge < -0.3 is 15.0 Å². The van der Waals surface area contributed by atoms with Gasteiger partial charge in [-0.1, -0.05) is 42.2 Å². The molecule has 0 spiro atoms. The molecule has 2 amide bonds. The predicted octanol–water partition coefficient (Wildman–Crippen LogP) is 1.91. The molecule has 6 heteroatoms. The van der Waals surface area contributed by atoms with E-state index in [0.717, 1.165) is 22.4 Å². The molecular formula is C23H23N3O3. The van der Waals surface area contributed by atoms with Crippen molar-refractivity contribution >= 4 is 17.5 Å². The highest BCUT2D eigenvalue weighted by Gasteiger charge is 2.20. The van der Waals surface area contributed by atoms with Gasteiger partial charge in [-0.3, -0.25) is 9.59 Å². The predicted molar refractivity (Wildman–Crippen MR) is 110 cm³/mol. The quantitative estimate of drug-likeness (QED) is 0.553. The number of carbonyl (C=O) groups excluding carboxylic acids is 2. The van der Waals surface area contributed by atoms with Crippen LogP contribution in [0.25, 0.3) is 0 Å². The number of para-hydroxylation sites is 1. The number of amides is 2. The van der Waals surface area contributed by atoms with E-state index in [1.54, 1.807) is 4.90 Å². The van der Waals surface area contributed by atoms with E-state index in [4.69, 9.17) is 10.5 Å². The van der Waals surface area contributed by atoms with Gasteiger partial charge in [0.15, 0.2) is 0 Å². The van der Waals surface area contributed by atoms with Crippen LogP contribution >= 0.6 is 0 Å². The van der Waals surface area contributed by atoms with Crippen LogP contribution in [0.2, 0.25) is 0 Å². The molecule has 0 saturated carbocycles. The van der Waals surface area contributed by atoms with Crippen molar-refractivity contribution < 1.29 is 14.3 Å². The molecule has 2 aromatic rings. The summed E-state index contributed by atoms with van der Waals surface area (Å²) in [6.07, 6.45) is 0.386. The fourth-order valence-corrected chi connectivity index (χ4v) is 3.07. The second-order valence-corrected chi connectivity index (χ2v) is 6.59. The third-order valence-electron chi connectivity index (χ3n) is 4.54. The maximum atomic E-state index is 13.0. The first kappa shape index (κ1) is 20.6. The van der Waals surface area contributed by atoms with Gasteiger partial charge in [0.25, 0.3) is 0 Å². The van der Waals surface area contributed by atoms with Crippen LogP contribution in [0.3, 0.4) is 0 Å². The van der Waals surface area contributed by atoms with Gasteiger partial charge >= 0.3 is 0 Å². The minimum absolute atomic E-state index is 0.0685. The summed E-state index contributed by atoms with van der Waals surface area (Å²) in [4.78, 5) is 26.6. The van der Waals surface area contributed by atoms with Crippen molar-refractivity contribution in [2.45, 2.75) is 19.4 Å². The highest BCUT2D eigenvalue weighted by molar-refractivity contribution is 5.95. The van der Waals surface area contributed by atoms with Crippen LogP contribution in [0, 0.1) is 11.8 Å². The number of hydrogen-bond acceptors (Lipinski definition) is 3. The van der Waals surface area contributed by atoms with E-state index < -0.39 is 0 Å². The number of benzene rings is 2. The van der Waals surface area contributed by atoms with Crippen LogP contribution < -0.4 is 16.0 Å². The number of nitrogens with zero attached hydrogens (tertiary/aromatic N) is 2. The first-order valence-corrected chi connectivity index (χ1v) is 9.63. The lowest BCUT2D eigenvalue weighted by atomic mass is 10.0. The third-order valence-corrected chi connectivity index (χ3v) is 4.54. The number of rotatable bonds is 8. The summed E-state index contributed by atoms with van der Waals surface area (Å²) in [5.41, 5.74) is 12.1. The van der Waals surface area contributed by atoms with Crippen molar-refractivity contribution in [1.82, 2.24) is 11.1 Å². The Labute approximate surface area is 171 Å². The van der Waals surface area contributed by atoms with E-state index in [-0.39, 0.29) is 51.0 Å². The molecule has 3 rings (SSSR count). The summed E-state index contributed by atoms with van der Waals surface area (Å²) < 4.78 is 5.08. The summed E-state index contributed by atoms with van der Waals surface area (Å²) >= 11 is 0. The number of anilines is 1. The lowest BCUT2D eigenvalue weighted by molar-refractivity contribution is -0.122. The summed E-state index contributed by atoms with van der Waals surface area (Å²) in [6, 6.07) is 15.4. The molecule has 2 aromatic carbocycles. The van der Waals surface area contributed by atoms with Crippen molar-refractivity contribution in [3.63, 3.8) is 0 Å². The van der Waals surface area contributed by atoms with Crippen LogP contribution in [0.4, 0.5) is 5.69 Å². The summed E-state index contributed by atoms with van der Waals surface area (Å²) in [7, 11) is 0. The van der Waals surface area contributed by atoms with Gasteiger partial charge in [0.2, 0.25) is 11.8 Å². The summed E-state index contributed by atoms with van der Waals surface area (Å²) in [6.45, 7) is 1.08. The normalized spacial score (nSPS) is 12.0. The Morgan fingerprint density at radius 1 is 1.00 bits per heavy atom. The maximum absolute atomic E-state index is 13.0. The average molecular weight is 389 g/mol. The van der Waals surface area contributed by atoms with Gasteiger partial charge in [-0.15, -0.1) is 5.73 Å². The number of nitrogens with one attached hydrogen (secondary N) is 1. The fraction of sp³-hybridized carbons (Fsp3) is 0.304. The number of hydrogen-bond donors (Lipinski definition) is 1. The zero-order valence-electron chi connectivity index (χ0n) is 16.2. The SMILES string of the molecule is [N]CCOCCC(=O)NCCC(=O)N1Cc2ccccc2C#Cc2ccccc21. The van der Waals surface area contributed by atoms with Gasteiger partial charge in [-0.25, -0.2) is 0 Å². The second kappa shape index (κ2) is 10.4. The minimum Gasteiger partial charge on any atom is -0.379 e. The number of carbonyl (C=O) groups is 2. The molecule has 29 heavy (non-hydrogen) atoms. The lowest BCUT2D eigenvalue weighted by Gasteiger charge is -2.26. The largest absolute Gasteiger partial charge is 0.379 e. The fourth-order valence-electron chi connectivity index (χ4n) is 3.07. The lowest BCUT2D eigenvalue weighted by Crippen LogP contribution is -2.35. The summed E-state index contributed by atoms with van der Waals surface area (Å²) in [5, 5.41) is 2.74. The number of fused-ring (bicyclic) bond motifs is 2. The molecule has 2 radical (unpaired) electrons. The molecule has 1 heterocycles. The molecule has 0 aliphatic carbocycles. The van der Waals surface area contributed by atoms with Gasteiger partial charge in [0.1, 0.15) is 0 Å². The molecule has 0 unspecified atom stereocenters. The van der Waals surface area contributed by atoms with E-state index in [0.29, 0.717) is 6.54 Å². The third kappa shape index (κ3) is 5.67. The van der Waals surface area contributed by atoms with Crippen LogP contribution in [-0.4, -0.2) is 38.1 Å². The molecule has 0 fully saturated rings. The first-order valence-electron chi connectivity index (χ1n) is 9.63.